The standard InChI is InChI=1S/C13H14FNO3/c1-3-17-13(16)11-12(18-7-15-11)10-5-4-9(14)6-8(10)2/h4-7,11-12H,3H2,1-2H3. The summed E-state index contributed by atoms with van der Waals surface area (Å²) in [4.78, 5) is 15.7. The van der Waals surface area contributed by atoms with Crippen LogP contribution in [0.1, 0.15) is 24.2 Å². The van der Waals surface area contributed by atoms with Gasteiger partial charge in [-0.25, -0.2) is 14.2 Å². The molecule has 2 atom stereocenters. The SMILES string of the molecule is CCOC(=O)C1N=COC1c1ccc(F)cc1C. The third kappa shape index (κ3) is 2.34. The van der Waals surface area contributed by atoms with Crippen molar-refractivity contribution in [2.75, 3.05) is 6.61 Å². The fraction of sp³-hybridized carbons (Fsp3) is 0.385. The molecule has 4 nitrogen and oxygen atoms in total. The fourth-order valence-corrected chi connectivity index (χ4v) is 1.93. The van der Waals surface area contributed by atoms with Gasteiger partial charge in [-0.1, -0.05) is 6.07 Å². The molecule has 0 saturated carbocycles. The molecule has 5 heteroatoms. The minimum absolute atomic E-state index is 0.292. The molecule has 2 rings (SSSR count). The summed E-state index contributed by atoms with van der Waals surface area (Å²) in [6, 6.07) is 3.64. The minimum Gasteiger partial charge on any atom is -0.473 e. The van der Waals surface area contributed by atoms with Crippen molar-refractivity contribution in [3.63, 3.8) is 0 Å². The molecule has 0 aromatic heterocycles. The van der Waals surface area contributed by atoms with E-state index in [0.717, 1.165) is 11.1 Å². The van der Waals surface area contributed by atoms with Gasteiger partial charge in [0, 0.05) is 0 Å². The Morgan fingerprint density at radius 3 is 3.00 bits per heavy atom. The van der Waals surface area contributed by atoms with Gasteiger partial charge in [0.15, 0.2) is 18.5 Å². The molecular weight excluding hydrogens is 237 g/mol. The highest BCUT2D eigenvalue weighted by molar-refractivity contribution is 5.80. The van der Waals surface area contributed by atoms with Crippen molar-refractivity contribution in [2.45, 2.75) is 26.0 Å². The number of hydrogen-bond acceptors (Lipinski definition) is 4. The molecule has 0 amide bonds. The molecular formula is C13H14FNO3. The highest BCUT2D eigenvalue weighted by atomic mass is 19.1. The second-order valence-corrected chi connectivity index (χ2v) is 4.01. The molecule has 0 N–H and O–H groups in total. The van der Waals surface area contributed by atoms with Crippen molar-refractivity contribution in [2.24, 2.45) is 4.99 Å². The summed E-state index contributed by atoms with van der Waals surface area (Å²) in [5, 5.41) is 0. The molecule has 1 aliphatic rings. The van der Waals surface area contributed by atoms with Crippen LogP contribution in [0, 0.1) is 12.7 Å². The lowest BCUT2D eigenvalue weighted by Crippen LogP contribution is -2.26. The minimum atomic E-state index is -0.714. The summed E-state index contributed by atoms with van der Waals surface area (Å²) in [6.45, 7) is 3.79. The number of ether oxygens (including phenoxy) is 2. The van der Waals surface area contributed by atoms with Gasteiger partial charge in [-0.2, -0.15) is 0 Å². The molecule has 0 spiro atoms. The molecule has 0 saturated heterocycles. The van der Waals surface area contributed by atoms with E-state index in [1.54, 1.807) is 19.9 Å². The lowest BCUT2D eigenvalue weighted by molar-refractivity contribution is -0.146. The number of halogens is 1. The maximum absolute atomic E-state index is 13.0. The van der Waals surface area contributed by atoms with Crippen LogP contribution in [0.25, 0.3) is 0 Å². The topological polar surface area (TPSA) is 47.9 Å². The average Bonchev–Trinajstić information content (AvgIpc) is 2.78. The Morgan fingerprint density at radius 1 is 1.56 bits per heavy atom. The number of hydrogen-bond donors (Lipinski definition) is 0. The van der Waals surface area contributed by atoms with Crippen LogP contribution >= 0.6 is 0 Å². The number of carbonyl (C=O) groups excluding carboxylic acids is 1. The largest absolute Gasteiger partial charge is 0.473 e. The van der Waals surface area contributed by atoms with Crippen LogP contribution in [0.3, 0.4) is 0 Å². The quantitative estimate of drug-likeness (QED) is 0.773. The predicted octanol–water partition coefficient (Wildman–Crippen LogP) is 2.17. The summed E-state index contributed by atoms with van der Waals surface area (Å²) >= 11 is 0. The smallest absolute Gasteiger partial charge is 0.335 e. The van der Waals surface area contributed by atoms with E-state index in [2.05, 4.69) is 4.99 Å². The molecule has 2 unspecified atom stereocenters. The number of aryl methyl sites for hydroxylation is 1. The summed E-state index contributed by atoms with van der Waals surface area (Å²) in [5.41, 5.74) is 1.46. The van der Waals surface area contributed by atoms with Crippen molar-refractivity contribution in [1.29, 1.82) is 0 Å². The van der Waals surface area contributed by atoms with Crippen LogP contribution in [-0.2, 0) is 14.3 Å². The van der Waals surface area contributed by atoms with Crippen LogP contribution in [0.2, 0.25) is 0 Å². The fourth-order valence-electron chi connectivity index (χ4n) is 1.93. The summed E-state index contributed by atoms with van der Waals surface area (Å²) in [6.07, 6.45) is 0.708. The zero-order valence-corrected chi connectivity index (χ0v) is 10.2. The van der Waals surface area contributed by atoms with Crippen molar-refractivity contribution in [3.05, 3.63) is 35.1 Å². The van der Waals surface area contributed by atoms with E-state index in [9.17, 15) is 9.18 Å². The molecule has 0 aliphatic carbocycles. The maximum Gasteiger partial charge on any atom is 0.335 e. The molecule has 0 bridgehead atoms. The van der Waals surface area contributed by atoms with E-state index in [-0.39, 0.29) is 5.82 Å². The van der Waals surface area contributed by atoms with E-state index in [0.29, 0.717) is 6.61 Å². The van der Waals surface area contributed by atoms with Crippen LogP contribution in [0.5, 0.6) is 0 Å². The van der Waals surface area contributed by atoms with Gasteiger partial charge < -0.3 is 9.47 Å². The molecule has 1 aromatic rings. The second kappa shape index (κ2) is 5.16. The summed E-state index contributed by atoms with van der Waals surface area (Å²) in [5.74, 6) is -0.747. The molecule has 1 aromatic carbocycles. The van der Waals surface area contributed by atoms with Crippen LogP contribution < -0.4 is 0 Å². The third-order valence-electron chi connectivity index (χ3n) is 2.78. The van der Waals surface area contributed by atoms with Crippen LogP contribution in [0.4, 0.5) is 4.39 Å². The molecule has 1 heterocycles. The summed E-state index contributed by atoms with van der Waals surface area (Å²) in [7, 11) is 0. The zero-order chi connectivity index (χ0) is 13.1. The van der Waals surface area contributed by atoms with Crippen molar-refractivity contribution < 1.29 is 18.7 Å². The van der Waals surface area contributed by atoms with Crippen molar-refractivity contribution in [1.82, 2.24) is 0 Å². The van der Waals surface area contributed by atoms with E-state index < -0.39 is 18.1 Å². The Balaban J connectivity index is 2.24. The van der Waals surface area contributed by atoms with Crippen molar-refractivity contribution >= 4 is 12.4 Å². The first kappa shape index (κ1) is 12.5. The van der Waals surface area contributed by atoms with Crippen LogP contribution in [-0.4, -0.2) is 25.0 Å². The van der Waals surface area contributed by atoms with E-state index in [1.807, 2.05) is 0 Å². The molecule has 1 aliphatic heterocycles. The van der Waals surface area contributed by atoms with Gasteiger partial charge in [-0.3, -0.25) is 0 Å². The molecule has 0 radical (unpaired) electrons. The molecule has 18 heavy (non-hydrogen) atoms. The lowest BCUT2D eigenvalue weighted by Gasteiger charge is -2.18. The van der Waals surface area contributed by atoms with E-state index in [4.69, 9.17) is 9.47 Å². The highest BCUT2D eigenvalue weighted by Crippen LogP contribution is 2.30. The predicted molar refractivity (Wildman–Crippen MR) is 63.9 cm³/mol. The van der Waals surface area contributed by atoms with Crippen LogP contribution in [0.15, 0.2) is 23.2 Å². The number of carbonyl (C=O) groups is 1. The van der Waals surface area contributed by atoms with Gasteiger partial charge in [0.25, 0.3) is 0 Å². The number of benzene rings is 1. The Bertz CT molecular complexity index is 487. The maximum atomic E-state index is 13.0. The second-order valence-electron chi connectivity index (χ2n) is 4.01. The first-order valence-electron chi connectivity index (χ1n) is 5.73. The van der Waals surface area contributed by atoms with Crippen molar-refractivity contribution in [3.8, 4) is 0 Å². The van der Waals surface area contributed by atoms with E-state index >= 15 is 0 Å². The van der Waals surface area contributed by atoms with Gasteiger partial charge in [0.1, 0.15) is 5.82 Å². The number of esters is 1. The Hall–Kier alpha value is -1.91. The Kier molecular flexibility index (Phi) is 3.60. The van der Waals surface area contributed by atoms with Gasteiger partial charge in [0.05, 0.1) is 6.61 Å². The normalized spacial score (nSPS) is 21.7. The highest BCUT2D eigenvalue weighted by Gasteiger charge is 2.35. The first-order valence-corrected chi connectivity index (χ1v) is 5.73. The number of nitrogens with zero attached hydrogens (tertiary/aromatic N) is 1. The van der Waals surface area contributed by atoms with Gasteiger partial charge in [0.2, 0.25) is 0 Å². The van der Waals surface area contributed by atoms with E-state index in [1.165, 1.54) is 18.5 Å². The lowest BCUT2D eigenvalue weighted by atomic mass is 9.98. The summed E-state index contributed by atoms with van der Waals surface area (Å²) < 4.78 is 23.3. The number of rotatable bonds is 3. The Labute approximate surface area is 104 Å². The van der Waals surface area contributed by atoms with Gasteiger partial charge in [-0.15, -0.1) is 0 Å². The monoisotopic (exact) mass is 251 g/mol. The molecule has 0 fully saturated rings. The van der Waals surface area contributed by atoms with Gasteiger partial charge in [-0.05, 0) is 37.1 Å². The first-order chi connectivity index (χ1) is 8.63. The number of aliphatic imine (C=N–C) groups is 1. The Morgan fingerprint density at radius 2 is 2.33 bits per heavy atom. The third-order valence-corrected chi connectivity index (χ3v) is 2.78. The molecule has 96 valence electrons. The average molecular weight is 251 g/mol. The zero-order valence-electron chi connectivity index (χ0n) is 10.2. The van der Waals surface area contributed by atoms with Gasteiger partial charge >= 0.3 is 5.97 Å².